The van der Waals surface area contributed by atoms with Crippen molar-refractivity contribution in [2.45, 2.75) is 32.0 Å². The van der Waals surface area contributed by atoms with Crippen LogP contribution in [-0.4, -0.2) is 63.4 Å². The number of hydrogen-bond acceptors (Lipinski definition) is 6. The molecule has 1 heterocycles. The highest BCUT2D eigenvalue weighted by Gasteiger charge is 2.33. The number of benzene rings is 2. The van der Waals surface area contributed by atoms with Crippen LogP contribution in [0, 0.1) is 5.82 Å². The van der Waals surface area contributed by atoms with Crippen LogP contribution < -0.4 is 25.0 Å². The van der Waals surface area contributed by atoms with Crippen LogP contribution in [0.25, 0.3) is 0 Å². The predicted octanol–water partition coefficient (Wildman–Crippen LogP) is 3.83. The molecule has 2 N–H and O–H groups in total. The Bertz CT molecular complexity index is 1090. The summed E-state index contributed by atoms with van der Waals surface area (Å²) in [4.78, 5) is 26.8. The Labute approximate surface area is 220 Å². The van der Waals surface area contributed by atoms with Crippen LogP contribution in [0.4, 0.5) is 10.1 Å². The van der Waals surface area contributed by atoms with E-state index in [4.69, 9.17) is 37.4 Å². The first-order chi connectivity index (χ1) is 17.1. The minimum atomic E-state index is -0.714. The van der Waals surface area contributed by atoms with Gasteiger partial charge >= 0.3 is 0 Å². The van der Waals surface area contributed by atoms with Crippen molar-refractivity contribution in [2.24, 2.45) is 0 Å². The first kappa shape index (κ1) is 27.8. The van der Waals surface area contributed by atoms with Gasteiger partial charge in [0, 0.05) is 37.8 Å². The highest BCUT2D eigenvalue weighted by molar-refractivity contribution is 6.31. The average molecular weight is 542 g/mol. The summed E-state index contributed by atoms with van der Waals surface area (Å²) in [6.45, 7) is 5.23. The van der Waals surface area contributed by atoms with Gasteiger partial charge < -0.3 is 29.7 Å². The number of nitrogens with one attached hydrogen (secondary N) is 2. The first-order valence-electron chi connectivity index (χ1n) is 11.5. The Kier molecular flexibility index (Phi) is 9.64. The zero-order chi connectivity index (χ0) is 26.3. The number of ether oxygens (including phenoxy) is 3. The Hall–Kier alpha value is -2.75. The Morgan fingerprint density at radius 1 is 1.17 bits per heavy atom. The molecule has 1 unspecified atom stereocenters. The van der Waals surface area contributed by atoms with Crippen molar-refractivity contribution in [2.75, 3.05) is 44.8 Å². The third kappa shape index (κ3) is 7.88. The van der Waals surface area contributed by atoms with E-state index in [9.17, 15) is 14.0 Å². The number of hydrogen-bond donors (Lipinski definition) is 2. The summed E-state index contributed by atoms with van der Waals surface area (Å²) in [5.41, 5.74) is 0.365. The van der Waals surface area contributed by atoms with Gasteiger partial charge in [-0.05, 0) is 50.6 Å². The maximum Gasteiger partial charge on any atom is 0.262 e. The molecule has 0 aromatic heterocycles. The van der Waals surface area contributed by atoms with E-state index in [-0.39, 0.29) is 29.2 Å². The molecule has 0 spiro atoms. The molecule has 196 valence electrons. The molecular formula is C25H30Cl2FN3O5. The number of halogens is 3. The number of carbonyl (C=O) groups excluding carboxylic acids is 2. The number of anilines is 1. The van der Waals surface area contributed by atoms with Gasteiger partial charge in [0.05, 0.1) is 22.9 Å². The van der Waals surface area contributed by atoms with Crippen LogP contribution in [0.5, 0.6) is 11.5 Å². The topological polar surface area (TPSA) is 89.1 Å². The normalized spacial score (nSPS) is 15.1. The minimum absolute atomic E-state index is 0.0207. The Morgan fingerprint density at radius 3 is 2.64 bits per heavy atom. The fourth-order valence-corrected chi connectivity index (χ4v) is 3.83. The second-order valence-corrected chi connectivity index (χ2v) is 9.77. The molecule has 0 saturated carbocycles. The zero-order valence-electron chi connectivity index (χ0n) is 20.4. The molecule has 1 aliphatic heterocycles. The second kappa shape index (κ2) is 12.5. The first-order valence-corrected chi connectivity index (χ1v) is 12.2. The van der Waals surface area contributed by atoms with E-state index < -0.39 is 17.5 Å². The quantitative estimate of drug-likeness (QED) is 0.420. The van der Waals surface area contributed by atoms with Crippen molar-refractivity contribution in [3.8, 4) is 11.5 Å². The number of amides is 2. The fraction of sp³-hybridized carbons (Fsp3) is 0.440. The fourth-order valence-electron chi connectivity index (χ4n) is 3.54. The molecule has 0 radical (unpaired) electrons. The zero-order valence-corrected chi connectivity index (χ0v) is 21.9. The molecule has 0 aliphatic carbocycles. The number of carbonyl (C=O) groups is 2. The number of nitrogens with zero attached hydrogens (tertiary/aromatic N) is 1. The molecule has 1 atom stereocenters. The van der Waals surface area contributed by atoms with Crippen LogP contribution in [0.2, 0.25) is 10.0 Å². The molecule has 11 heteroatoms. The van der Waals surface area contributed by atoms with Gasteiger partial charge in [-0.15, -0.1) is 0 Å². The molecule has 0 saturated heterocycles. The number of methoxy groups -OCH3 is 1. The highest BCUT2D eigenvalue weighted by Crippen LogP contribution is 2.36. The summed E-state index contributed by atoms with van der Waals surface area (Å²) in [5.74, 6) is -0.455. The van der Waals surface area contributed by atoms with Gasteiger partial charge in [-0.1, -0.05) is 23.2 Å². The van der Waals surface area contributed by atoms with Crippen molar-refractivity contribution in [3.63, 3.8) is 0 Å². The predicted molar refractivity (Wildman–Crippen MR) is 137 cm³/mol. The van der Waals surface area contributed by atoms with Crippen molar-refractivity contribution in [1.29, 1.82) is 0 Å². The Morgan fingerprint density at radius 2 is 1.92 bits per heavy atom. The lowest BCUT2D eigenvalue weighted by molar-refractivity contribution is -0.128. The van der Waals surface area contributed by atoms with E-state index in [1.165, 1.54) is 12.1 Å². The monoisotopic (exact) mass is 541 g/mol. The Balaban J connectivity index is 1.43. The average Bonchev–Trinajstić information content (AvgIpc) is 2.84. The summed E-state index contributed by atoms with van der Waals surface area (Å²) in [5, 5.41) is 6.10. The molecule has 1 aliphatic rings. The highest BCUT2D eigenvalue weighted by atomic mass is 35.5. The second-order valence-electron chi connectivity index (χ2n) is 8.92. The summed E-state index contributed by atoms with van der Waals surface area (Å²) in [7, 11) is 1.64. The van der Waals surface area contributed by atoms with Crippen LogP contribution in [-0.2, 0) is 14.3 Å². The van der Waals surface area contributed by atoms with Gasteiger partial charge in [-0.25, -0.2) is 4.39 Å². The molecule has 36 heavy (non-hydrogen) atoms. The third-order valence-electron chi connectivity index (χ3n) is 5.57. The summed E-state index contributed by atoms with van der Waals surface area (Å²) in [6, 6.07) is 9.23. The molecule has 2 amide bonds. The van der Waals surface area contributed by atoms with E-state index in [0.29, 0.717) is 43.4 Å². The summed E-state index contributed by atoms with van der Waals surface area (Å²) in [6.07, 6.45) is -0.207. The van der Waals surface area contributed by atoms with Crippen molar-refractivity contribution < 1.29 is 28.2 Å². The number of rotatable bonds is 11. The third-order valence-corrected chi connectivity index (χ3v) is 6.11. The lowest BCUT2D eigenvalue weighted by Crippen LogP contribution is -2.52. The molecule has 2 aromatic carbocycles. The van der Waals surface area contributed by atoms with Crippen LogP contribution in [0.3, 0.4) is 0 Å². The smallest absolute Gasteiger partial charge is 0.262 e. The van der Waals surface area contributed by atoms with Gasteiger partial charge in [0.2, 0.25) is 0 Å². The summed E-state index contributed by atoms with van der Waals surface area (Å²) < 4.78 is 30.2. The van der Waals surface area contributed by atoms with Gasteiger partial charge in [0.15, 0.2) is 12.7 Å². The van der Waals surface area contributed by atoms with Crippen molar-refractivity contribution in [1.82, 2.24) is 10.6 Å². The standard InChI is InChI=1S/C25H30Cl2FN3O5/c1-25(2,34-3)15-31-13-22(36-21-8-5-16(26)11-20(21)31)24(33)30-10-4-9-29-23(32)14-35-17-6-7-18(27)19(28)12-17/h5-8,11-12,22H,4,9-10,13-15H2,1-3H3,(H,29,32)(H,30,33). The van der Waals surface area contributed by atoms with E-state index in [2.05, 4.69) is 10.6 Å². The van der Waals surface area contributed by atoms with Crippen LogP contribution in [0.1, 0.15) is 20.3 Å². The van der Waals surface area contributed by atoms with Crippen LogP contribution in [0.15, 0.2) is 36.4 Å². The van der Waals surface area contributed by atoms with Gasteiger partial charge in [-0.2, -0.15) is 0 Å². The van der Waals surface area contributed by atoms with Gasteiger partial charge in [0.1, 0.15) is 17.3 Å². The molecular weight excluding hydrogens is 512 g/mol. The van der Waals surface area contributed by atoms with Crippen molar-refractivity contribution >= 4 is 40.7 Å². The summed E-state index contributed by atoms with van der Waals surface area (Å²) >= 11 is 11.8. The van der Waals surface area contributed by atoms with E-state index in [0.717, 1.165) is 11.8 Å². The SMILES string of the molecule is COC(C)(C)CN1CC(C(=O)NCCCNC(=O)COc2ccc(Cl)c(F)c2)Oc2ccc(Cl)cc21. The van der Waals surface area contributed by atoms with Gasteiger partial charge in [-0.3, -0.25) is 9.59 Å². The molecule has 8 nitrogen and oxygen atoms in total. The maximum atomic E-state index is 13.4. The van der Waals surface area contributed by atoms with E-state index >= 15 is 0 Å². The van der Waals surface area contributed by atoms with Gasteiger partial charge in [0.25, 0.3) is 11.8 Å². The molecule has 3 rings (SSSR count). The molecule has 0 bridgehead atoms. The molecule has 2 aromatic rings. The number of fused-ring (bicyclic) bond motifs is 1. The molecule has 0 fully saturated rings. The van der Waals surface area contributed by atoms with E-state index in [1.54, 1.807) is 19.2 Å². The lowest BCUT2D eigenvalue weighted by Gasteiger charge is -2.39. The van der Waals surface area contributed by atoms with Crippen LogP contribution >= 0.6 is 23.2 Å². The largest absolute Gasteiger partial charge is 0.484 e. The lowest BCUT2D eigenvalue weighted by atomic mass is 10.1. The minimum Gasteiger partial charge on any atom is -0.484 e. The van der Waals surface area contributed by atoms with Crippen molar-refractivity contribution in [3.05, 3.63) is 52.3 Å². The van der Waals surface area contributed by atoms with E-state index in [1.807, 2.05) is 24.8 Å². The maximum absolute atomic E-state index is 13.4.